The van der Waals surface area contributed by atoms with Crippen molar-refractivity contribution in [2.75, 3.05) is 26.7 Å². The lowest BCUT2D eigenvalue weighted by molar-refractivity contribution is -0.147. The van der Waals surface area contributed by atoms with E-state index in [9.17, 15) is 4.79 Å². The molecule has 2 rings (SSSR count). The van der Waals surface area contributed by atoms with E-state index < -0.39 is 0 Å². The van der Waals surface area contributed by atoms with Crippen LogP contribution in [0.15, 0.2) is 0 Å². The van der Waals surface area contributed by atoms with Crippen LogP contribution in [0, 0.1) is 11.3 Å². The molecule has 0 radical (unpaired) electrons. The first kappa shape index (κ1) is 15.4. The summed E-state index contributed by atoms with van der Waals surface area (Å²) in [5.41, 5.74) is 0.702. The number of esters is 1. The first-order valence-electron chi connectivity index (χ1n) is 7.67. The van der Waals surface area contributed by atoms with Gasteiger partial charge in [0, 0.05) is 13.1 Å². The molecule has 0 aromatic carbocycles. The van der Waals surface area contributed by atoms with Crippen LogP contribution in [0.2, 0.25) is 0 Å². The summed E-state index contributed by atoms with van der Waals surface area (Å²) < 4.78 is 10.9. The fourth-order valence-electron chi connectivity index (χ4n) is 3.15. The van der Waals surface area contributed by atoms with Gasteiger partial charge in [0.2, 0.25) is 0 Å². The SMILES string of the molecule is CCN1CCC(OC2CCC(C(=O)OC)CC2)C(=N)C1. The summed E-state index contributed by atoms with van der Waals surface area (Å²) in [7, 11) is 1.45. The molecule has 2 aliphatic rings. The van der Waals surface area contributed by atoms with Crippen LogP contribution in [-0.4, -0.2) is 55.5 Å². The number of carbonyl (C=O) groups is 1. The van der Waals surface area contributed by atoms with Crippen LogP contribution in [0.3, 0.4) is 0 Å². The summed E-state index contributed by atoms with van der Waals surface area (Å²) in [6.07, 6.45) is 4.61. The molecule has 0 aromatic heterocycles. The Kier molecular flexibility index (Phi) is 5.54. The quantitative estimate of drug-likeness (QED) is 0.799. The Bertz CT molecular complexity index is 351. The zero-order valence-corrected chi connectivity index (χ0v) is 12.6. The molecule has 1 atom stereocenters. The van der Waals surface area contributed by atoms with Crippen LogP contribution >= 0.6 is 0 Å². The Morgan fingerprint density at radius 3 is 2.55 bits per heavy atom. The Labute approximate surface area is 121 Å². The highest BCUT2D eigenvalue weighted by atomic mass is 16.5. The largest absolute Gasteiger partial charge is 0.469 e. The number of nitrogens with zero attached hydrogens (tertiary/aromatic N) is 1. The number of likely N-dealkylation sites (tertiary alicyclic amines) is 1. The Morgan fingerprint density at radius 2 is 2.00 bits per heavy atom. The van der Waals surface area contributed by atoms with Crippen LogP contribution in [0.5, 0.6) is 0 Å². The van der Waals surface area contributed by atoms with Gasteiger partial charge in [-0.2, -0.15) is 0 Å². The van der Waals surface area contributed by atoms with E-state index in [2.05, 4.69) is 11.8 Å². The van der Waals surface area contributed by atoms with Gasteiger partial charge in [-0.15, -0.1) is 0 Å². The molecule has 1 saturated heterocycles. The number of hydrogen-bond acceptors (Lipinski definition) is 5. The van der Waals surface area contributed by atoms with Crippen LogP contribution in [0.1, 0.15) is 39.0 Å². The maximum atomic E-state index is 11.5. The molecule has 2 fully saturated rings. The zero-order chi connectivity index (χ0) is 14.5. The van der Waals surface area contributed by atoms with E-state index in [1.54, 1.807) is 0 Å². The number of ether oxygens (including phenoxy) is 2. The van der Waals surface area contributed by atoms with E-state index in [0.717, 1.165) is 51.7 Å². The molecule has 1 heterocycles. The van der Waals surface area contributed by atoms with Gasteiger partial charge in [-0.1, -0.05) is 6.92 Å². The Hall–Kier alpha value is -0.940. The predicted molar refractivity (Wildman–Crippen MR) is 77.1 cm³/mol. The number of nitrogens with one attached hydrogen (secondary N) is 1. The summed E-state index contributed by atoms with van der Waals surface area (Å²) in [6, 6.07) is 0. The van der Waals surface area contributed by atoms with Gasteiger partial charge >= 0.3 is 5.97 Å². The van der Waals surface area contributed by atoms with Gasteiger partial charge in [0.15, 0.2) is 0 Å². The highest BCUT2D eigenvalue weighted by Crippen LogP contribution is 2.28. The molecule has 0 amide bonds. The molecular weight excluding hydrogens is 256 g/mol. The summed E-state index contributed by atoms with van der Waals surface area (Å²) in [5, 5.41) is 8.10. The van der Waals surface area contributed by atoms with Crippen molar-refractivity contribution < 1.29 is 14.3 Å². The van der Waals surface area contributed by atoms with Crippen molar-refractivity contribution in [3.8, 4) is 0 Å². The summed E-state index contributed by atoms with van der Waals surface area (Å²) in [4.78, 5) is 13.8. The second-order valence-corrected chi connectivity index (χ2v) is 5.80. The van der Waals surface area contributed by atoms with Crippen molar-refractivity contribution in [2.45, 2.75) is 51.2 Å². The first-order chi connectivity index (χ1) is 9.63. The monoisotopic (exact) mass is 282 g/mol. The molecular formula is C15H26N2O3. The van der Waals surface area contributed by atoms with Crippen molar-refractivity contribution in [3.05, 3.63) is 0 Å². The Balaban J connectivity index is 1.76. The van der Waals surface area contributed by atoms with Gasteiger partial charge in [-0.25, -0.2) is 0 Å². The van der Waals surface area contributed by atoms with Crippen molar-refractivity contribution >= 4 is 11.7 Å². The third kappa shape index (κ3) is 3.79. The number of carbonyl (C=O) groups excluding carboxylic acids is 1. The van der Waals surface area contributed by atoms with Gasteiger partial charge in [-0.05, 0) is 38.6 Å². The average molecular weight is 282 g/mol. The van der Waals surface area contributed by atoms with Crippen molar-refractivity contribution in [1.29, 1.82) is 5.41 Å². The molecule has 1 N–H and O–H groups in total. The molecule has 0 aromatic rings. The lowest BCUT2D eigenvalue weighted by Crippen LogP contribution is -2.45. The van der Waals surface area contributed by atoms with Crippen LogP contribution < -0.4 is 0 Å². The van der Waals surface area contributed by atoms with E-state index in [1.807, 2.05) is 0 Å². The normalized spacial score (nSPS) is 32.1. The van der Waals surface area contributed by atoms with E-state index in [0.29, 0.717) is 5.71 Å². The number of hydrogen-bond donors (Lipinski definition) is 1. The number of rotatable bonds is 4. The standard InChI is InChI=1S/C15H26N2O3/c1-3-17-9-8-14(13(16)10-17)20-12-6-4-11(5-7-12)15(18)19-2/h11-12,14,16H,3-10H2,1-2H3. The highest BCUT2D eigenvalue weighted by molar-refractivity contribution is 5.88. The molecule has 5 nitrogen and oxygen atoms in total. The molecule has 1 unspecified atom stereocenters. The summed E-state index contributed by atoms with van der Waals surface area (Å²) in [5.74, 6) is -0.0475. The second kappa shape index (κ2) is 7.18. The minimum Gasteiger partial charge on any atom is -0.469 e. The fourth-order valence-corrected chi connectivity index (χ4v) is 3.15. The minimum atomic E-state index is -0.0903. The van der Waals surface area contributed by atoms with E-state index in [4.69, 9.17) is 14.9 Å². The average Bonchev–Trinajstić information content (AvgIpc) is 2.49. The third-order valence-electron chi connectivity index (χ3n) is 4.50. The Morgan fingerprint density at radius 1 is 1.30 bits per heavy atom. The summed E-state index contributed by atoms with van der Waals surface area (Å²) in [6.45, 7) is 4.88. The van der Waals surface area contributed by atoms with E-state index in [-0.39, 0.29) is 24.1 Å². The number of piperidine rings is 1. The third-order valence-corrected chi connectivity index (χ3v) is 4.50. The van der Waals surface area contributed by atoms with Gasteiger partial charge in [-0.3, -0.25) is 9.69 Å². The molecule has 1 aliphatic heterocycles. The van der Waals surface area contributed by atoms with Gasteiger partial charge < -0.3 is 14.9 Å². The molecule has 0 spiro atoms. The first-order valence-corrected chi connectivity index (χ1v) is 7.67. The minimum absolute atomic E-state index is 0.0162. The van der Waals surface area contributed by atoms with Gasteiger partial charge in [0.05, 0.1) is 30.9 Å². The van der Waals surface area contributed by atoms with Gasteiger partial charge in [0.1, 0.15) is 0 Å². The molecule has 20 heavy (non-hydrogen) atoms. The second-order valence-electron chi connectivity index (χ2n) is 5.80. The maximum absolute atomic E-state index is 11.5. The fraction of sp³-hybridized carbons (Fsp3) is 0.867. The molecule has 5 heteroatoms. The smallest absolute Gasteiger partial charge is 0.308 e. The predicted octanol–water partition coefficient (Wildman–Crippen LogP) is 1.85. The zero-order valence-electron chi connectivity index (χ0n) is 12.6. The molecule has 114 valence electrons. The molecule has 1 saturated carbocycles. The molecule has 1 aliphatic carbocycles. The van der Waals surface area contributed by atoms with E-state index in [1.165, 1.54) is 7.11 Å². The van der Waals surface area contributed by atoms with Gasteiger partial charge in [0.25, 0.3) is 0 Å². The van der Waals surface area contributed by atoms with Crippen molar-refractivity contribution in [2.24, 2.45) is 5.92 Å². The highest BCUT2D eigenvalue weighted by Gasteiger charge is 2.31. The van der Waals surface area contributed by atoms with Crippen molar-refractivity contribution in [3.63, 3.8) is 0 Å². The lowest BCUT2D eigenvalue weighted by atomic mass is 9.87. The van der Waals surface area contributed by atoms with Crippen molar-refractivity contribution in [1.82, 2.24) is 4.90 Å². The lowest BCUT2D eigenvalue weighted by Gasteiger charge is -2.35. The maximum Gasteiger partial charge on any atom is 0.308 e. The van der Waals surface area contributed by atoms with Crippen LogP contribution in [0.25, 0.3) is 0 Å². The molecule has 0 bridgehead atoms. The number of methoxy groups -OCH3 is 1. The topological polar surface area (TPSA) is 62.6 Å². The van der Waals surface area contributed by atoms with Crippen LogP contribution in [-0.2, 0) is 14.3 Å². The summed E-state index contributed by atoms with van der Waals surface area (Å²) >= 11 is 0. The van der Waals surface area contributed by atoms with Crippen LogP contribution in [0.4, 0.5) is 0 Å². The van der Waals surface area contributed by atoms with E-state index >= 15 is 0 Å².